The summed E-state index contributed by atoms with van der Waals surface area (Å²) in [5.41, 5.74) is 0.985. The van der Waals surface area contributed by atoms with Crippen LogP contribution in [0, 0.1) is 11.3 Å². The maximum absolute atomic E-state index is 12.6. The Balaban J connectivity index is 1.62. The van der Waals surface area contributed by atoms with E-state index in [1.165, 1.54) is 18.0 Å². The molecule has 0 saturated heterocycles. The van der Waals surface area contributed by atoms with Crippen molar-refractivity contribution in [2.24, 2.45) is 0 Å². The number of amides is 2. The highest BCUT2D eigenvalue weighted by Gasteiger charge is 2.14. The van der Waals surface area contributed by atoms with E-state index in [9.17, 15) is 14.9 Å². The van der Waals surface area contributed by atoms with Gasteiger partial charge in [0.25, 0.3) is 5.91 Å². The van der Waals surface area contributed by atoms with Gasteiger partial charge >= 0.3 is 0 Å². The number of hydrogen-bond donors (Lipinski definition) is 2. The summed E-state index contributed by atoms with van der Waals surface area (Å²) < 4.78 is 5.14. The van der Waals surface area contributed by atoms with Crippen LogP contribution in [0.3, 0.4) is 0 Å². The van der Waals surface area contributed by atoms with Crippen LogP contribution in [0.4, 0.5) is 0 Å². The van der Waals surface area contributed by atoms with E-state index >= 15 is 0 Å². The number of hydrogen-bond acceptors (Lipinski definition) is 5. The predicted octanol–water partition coefficient (Wildman–Crippen LogP) is 3.35. The molecule has 3 aromatic rings. The Labute approximate surface area is 166 Å². The zero-order chi connectivity index (χ0) is 19.8. The fourth-order valence-electron chi connectivity index (χ4n) is 2.43. The molecule has 1 heterocycles. The topological polar surface area (TPSA) is 95.1 Å². The van der Waals surface area contributed by atoms with Crippen LogP contribution in [0.15, 0.2) is 81.1 Å². The lowest BCUT2D eigenvalue weighted by Gasteiger charge is -2.10. The molecule has 0 unspecified atom stereocenters. The second-order valence-electron chi connectivity index (χ2n) is 5.74. The van der Waals surface area contributed by atoms with E-state index in [4.69, 9.17) is 4.42 Å². The molecule has 0 radical (unpaired) electrons. The van der Waals surface area contributed by atoms with Crippen molar-refractivity contribution in [1.29, 1.82) is 5.26 Å². The van der Waals surface area contributed by atoms with Crippen LogP contribution in [-0.4, -0.2) is 18.4 Å². The Morgan fingerprint density at radius 1 is 0.964 bits per heavy atom. The molecule has 0 atom stereocenters. The fraction of sp³-hybridized carbons (Fsp3) is 0.0952. The summed E-state index contributed by atoms with van der Waals surface area (Å²) in [4.78, 5) is 26.0. The summed E-state index contributed by atoms with van der Waals surface area (Å²) in [7, 11) is 0. The minimum Gasteiger partial charge on any atom is -0.467 e. The number of nitrogens with zero attached hydrogens (tertiary/aromatic N) is 1. The molecular weight excluding hydrogens is 374 g/mol. The third-order valence-corrected chi connectivity index (χ3v) is 4.96. The number of benzene rings is 2. The van der Waals surface area contributed by atoms with Crippen LogP contribution < -0.4 is 10.6 Å². The summed E-state index contributed by atoms with van der Waals surface area (Å²) in [6, 6.07) is 19.9. The molecule has 3 rings (SSSR count). The van der Waals surface area contributed by atoms with Crippen molar-refractivity contribution in [2.45, 2.75) is 16.3 Å². The molecule has 0 aliphatic heterocycles. The number of nitriles is 1. The highest BCUT2D eigenvalue weighted by Crippen LogP contribution is 2.32. The number of carbonyl (C=O) groups excluding carboxylic acids is 2. The van der Waals surface area contributed by atoms with Crippen molar-refractivity contribution in [3.05, 3.63) is 83.8 Å². The molecule has 140 valence electrons. The molecule has 1 aromatic heterocycles. The summed E-state index contributed by atoms with van der Waals surface area (Å²) in [6.45, 7) is 0.117. The summed E-state index contributed by atoms with van der Waals surface area (Å²) >= 11 is 1.34. The minimum absolute atomic E-state index is 0.146. The lowest BCUT2D eigenvalue weighted by Crippen LogP contribution is -2.36. The summed E-state index contributed by atoms with van der Waals surface area (Å²) in [6.07, 6.45) is 1.53. The molecule has 0 saturated carbocycles. The Morgan fingerprint density at radius 3 is 2.46 bits per heavy atom. The average Bonchev–Trinajstić information content (AvgIpc) is 3.25. The zero-order valence-electron chi connectivity index (χ0n) is 14.8. The van der Waals surface area contributed by atoms with Crippen LogP contribution >= 0.6 is 11.8 Å². The zero-order valence-corrected chi connectivity index (χ0v) is 15.7. The summed E-state index contributed by atoms with van der Waals surface area (Å²) in [5, 5.41) is 14.5. The van der Waals surface area contributed by atoms with Gasteiger partial charge in [-0.05, 0) is 36.4 Å². The van der Waals surface area contributed by atoms with Crippen LogP contribution in [0.25, 0.3) is 0 Å². The lowest BCUT2D eigenvalue weighted by atomic mass is 10.2. The first kappa shape index (κ1) is 19.3. The monoisotopic (exact) mass is 391 g/mol. The van der Waals surface area contributed by atoms with Crippen molar-refractivity contribution in [3.63, 3.8) is 0 Å². The SMILES string of the molecule is N#Cc1ccccc1Sc1ccccc1C(=O)NCC(=O)NCc1ccco1. The van der Waals surface area contributed by atoms with Crippen molar-refractivity contribution < 1.29 is 14.0 Å². The molecule has 0 fully saturated rings. The van der Waals surface area contributed by atoms with Gasteiger partial charge in [0, 0.05) is 9.79 Å². The molecule has 6 nitrogen and oxygen atoms in total. The van der Waals surface area contributed by atoms with E-state index in [0.29, 0.717) is 21.8 Å². The third kappa shape index (κ3) is 5.02. The second kappa shape index (κ2) is 9.44. The molecule has 0 spiro atoms. The van der Waals surface area contributed by atoms with Gasteiger partial charge in [-0.15, -0.1) is 0 Å². The van der Waals surface area contributed by atoms with Crippen molar-refractivity contribution >= 4 is 23.6 Å². The fourth-order valence-corrected chi connectivity index (χ4v) is 3.45. The molecule has 0 aliphatic rings. The van der Waals surface area contributed by atoms with E-state index in [0.717, 1.165) is 4.90 Å². The largest absolute Gasteiger partial charge is 0.467 e. The summed E-state index contributed by atoms with van der Waals surface area (Å²) in [5.74, 6) is -0.0343. The lowest BCUT2D eigenvalue weighted by molar-refractivity contribution is -0.120. The maximum atomic E-state index is 12.6. The number of nitrogens with one attached hydrogen (secondary N) is 2. The minimum atomic E-state index is -0.356. The average molecular weight is 391 g/mol. The van der Waals surface area contributed by atoms with Crippen molar-refractivity contribution in [3.8, 4) is 6.07 Å². The van der Waals surface area contributed by atoms with Gasteiger partial charge in [0.2, 0.25) is 5.91 Å². The molecule has 0 aliphatic carbocycles. The molecule has 2 aromatic carbocycles. The molecule has 0 bridgehead atoms. The van der Waals surface area contributed by atoms with E-state index < -0.39 is 0 Å². The standard InChI is InChI=1S/C21H17N3O3S/c22-12-15-6-1-3-9-18(15)28-19-10-4-2-8-17(19)21(26)24-14-20(25)23-13-16-7-5-11-27-16/h1-11H,13-14H2,(H,23,25)(H,24,26). The molecule has 7 heteroatoms. The van der Waals surface area contributed by atoms with E-state index in [-0.39, 0.29) is 24.9 Å². The smallest absolute Gasteiger partial charge is 0.252 e. The first-order valence-corrected chi connectivity index (χ1v) is 9.32. The van der Waals surface area contributed by atoms with E-state index in [1.807, 2.05) is 24.3 Å². The van der Waals surface area contributed by atoms with Crippen LogP contribution in [0.1, 0.15) is 21.7 Å². The highest BCUT2D eigenvalue weighted by molar-refractivity contribution is 7.99. The Morgan fingerprint density at radius 2 is 1.71 bits per heavy atom. The number of furan rings is 1. The second-order valence-corrected chi connectivity index (χ2v) is 6.83. The van der Waals surface area contributed by atoms with Crippen molar-refractivity contribution in [1.82, 2.24) is 10.6 Å². The maximum Gasteiger partial charge on any atom is 0.252 e. The van der Waals surface area contributed by atoms with E-state index in [2.05, 4.69) is 16.7 Å². The van der Waals surface area contributed by atoms with Gasteiger partial charge in [0.05, 0.1) is 30.5 Å². The quantitative estimate of drug-likeness (QED) is 0.644. The first-order chi connectivity index (χ1) is 13.7. The van der Waals surface area contributed by atoms with Gasteiger partial charge in [-0.25, -0.2) is 0 Å². The Bertz CT molecular complexity index is 1010. The van der Waals surface area contributed by atoms with E-state index in [1.54, 1.807) is 36.4 Å². The van der Waals surface area contributed by atoms with Crippen molar-refractivity contribution in [2.75, 3.05) is 6.54 Å². The van der Waals surface area contributed by atoms with Gasteiger partial charge in [-0.2, -0.15) is 5.26 Å². The van der Waals surface area contributed by atoms with Crippen LogP contribution in [0.5, 0.6) is 0 Å². The van der Waals surface area contributed by atoms with Gasteiger partial charge in [0.15, 0.2) is 0 Å². The van der Waals surface area contributed by atoms with Gasteiger partial charge in [0.1, 0.15) is 11.8 Å². The molecular formula is C21H17N3O3S. The molecule has 2 N–H and O–H groups in total. The molecule has 28 heavy (non-hydrogen) atoms. The van der Waals surface area contributed by atoms with Gasteiger partial charge < -0.3 is 15.1 Å². The Hall–Kier alpha value is -3.50. The first-order valence-electron chi connectivity index (χ1n) is 8.50. The normalized spacial score (nSPS) is 10.1. The van der Waals surface area contributed by atoms with Gasteiger partial charge in [-0.1, -0.05) is 36.0 Å². The van der Waals surface area contributed by atoms with Crippen LogP contribution in [-0.2, 0) is 11.3 Å². The van der Waals surface area contributed by atoms with Crippen LogP contribution in [0.2, 0.25) is 0 Å². The third-order valence-electron chi connectivity index (χ3n) is 3.81. The Kier molecular flexibility index (Phi) is 6.50. The van der Waals surface area contributed by atoms with Gasteiger partial charge in [-0.3, -0.25) is 9.59 Å². The predicted molar refractivity (Wildman–Crippen MR) is 105 cm³/mol. The molecule has 2 amide bonds. The highest BCUT2D eigenvalue weighted by atomic mass is 32.2. The number of carbonyl (C=O) groups is 2. The number of rotatable bonds is 7.